The summed E-state index contributed by atoms with van der Waals surface area (Å²) in [4.78, 5) is 11.8. The highest BCUT2D eigenvalue weighted by Crippen LogP contribution is 2.24. The Labute approximate surface area is 131 Å². The number of benzene rings is 1. The maximum absolute atomic E-state index is 11.8. The number of anilines is 1. The zero-order chi connectivity index (χ0) is 15.2. The molecule has 6 heteroatoms. The summed E-state index contributed by atoms with van der Waals surface area (Å²) in [6.07, 6.45) is 3.12. The number of aromatic nitrogens is 1. The van der Waals surface area contributed by atoms with E-state index >= 15 is 0 Å². The molecule has 0 aliphatic carbocycles. The zero-order valence-electron chi connectivity index (χ0n) is 11.7. The second-order valence-corrected chi connectivity index (χ2v) is 5.18. The number of hydrogen-bond acceptors (Lipinski definition) is 4. The van der Waals surface area contributed by atoms with Gasteiger partial charge in [0.15, 0.2) is 5.82 Å². The molecule has 0 aliphatic rings. The lowest BCUT2D eigenvalue weighted by Crippen LogP contribution is -2.07. The van der Waals surface area contributed by atoms with Gasteiger partial charge in [-0.05, 0) is 38.1 Å². The van der Waals surface area contributed by atoms with Crippen LogP contribution in [0.4, 0.5) is 5.82 Å². The van der Waals surface area contributed by atoms with Gasteiger partial charge in [-0.15, -0.1) is 0 Å². The van der Waals surface area contributed by atoms with Gasteiger partial charge in [0.05, 0.1) is 6.61 Å². The summed E-state index contributed by atoms with van der Waals surface area (Å²) < 4.78 is 11.3. The zero-order valence-corrected chi connectivity index (χ0v) is 13.3. The van der Waals surface area contributed by atoms with Crippen LogP contribution >= 0.6 is 15.9 Å². The van der Waals surface area contributed by atoms with Gasteiger partial charge in [-0.3, -0.25) is 4.79 Å². The van der Waals surface area contributed by atoms with E-state index in [0.717, 1.165) is 15.8 Å². The molecule has 1 amide bonds. The van der Waals surface area contributed by atoms with Gasteiger partial charge in [0.2, 0.25) is 5.91 Å². The number of nitrogens with one attached hydrogen (secondary N) is 1. The summed E-state index contributed by atoms with van der Waals surface area (Å²) in [6, 6.07) is 7.28. The summed E-state index contributed by atoms with van der Waals surface area (Å²) in [6.45, 7) is 4.23. The van der Waals surface area contributed by atoms with E-state index in [9.17, 15) is 4.79 Å². The van der Waals surface area contributed by atoms with Crippen LogP contribution in [0.3, 0.4) is 0 Å². The molecule has 110 valence electrons. The average Bonchev–Trinajstić information content (AvgIpc) is 2.84. The summed E-state index contributed by atoms with van der Waals surface area (Å²) in [5.41, 5.74) is 0.817. The number of carbonyl (C=O) groups excluding carboxylic acids is 1. The Morgan fingerprint density at radius 2 is 2.29 bits per heavy atom. The topological polar surface area (TPSA) is 64.4 Å². The number of halogens is 1. The number of nitrogens with zero attached hydrogens (tertiary/aromatic N) is 1. The Morgan fingerprint density at radius 1 is 1.48 bits per heavy atom. The van der Waals surface area contributed by atoms with Gasteiger partial charge in [0.1, 0.15) is 11.5 Å². The molecule has 2 aromatic rings. The highest BCUT2D eigenvalue weighted by molar-refractivity contribution is 9.10. The van der Waals surface area contributed by atoms with Crippen molar-refractivity contribution in [1.29, 1.82) is 0 Å². The molecule has 1 N–H and O–H groups in total. The second-order valence-electron chi connectivity index (χ2n) is 4.26. The monoisotopic (exact) mass is 350 g/mol. The number of rotatable bonds is 5. The van der Waals surface area contributed by atoms with Crippen molar-refractivity contribution in [2.24, 2.45) is 0 Å². The van der Waals surface area contributed by atoms with Crippen molar-refractivity contribution in [2.45, 2.75) is 13.8 Å². The largest absolute Gasteiger partial charge is 0.493 e. The van der Waals surface area contributed by atoms with Gasteiger partial charge in [-0.25, -0.2) is 0 Å². The van der Waals surface area contributed by atoms with Crippen LogP contribution in [0.25, 0.3) is 6.08 Å². The highest BCUT2D eigenvalue weighted by Gasteiger charge is 2.05. The number of aryl methyl sites for hydroxylation is 1. The summed E-state index contributed by atoms with van der Waals surface area (Å²) in [5, 5.41) is 6.31. The molecule has 0 atom stereocenters. The van der Waals surface area contributed by atoms with Crippen molar-refractivity contribution in [1.82, 2.24) is 5.16 Å². The minimum Gasteiger partial charge on any atom is -0.493 e. The van der Waals surface area contributed by atoms with Gasteiger partial charge < -0.3 is 14.6 Å². The van der Waals surface area contributed by atoms with Crippen molar-refractivity contribution < 1.29 is 14.1 Å². The maximum Gasteiger partial charge on any atom is 0.249 e. The second kappa shape index (κ2) is 7.08. The lowest BCUT2D eigenvalue weighted by atomic mass is 10.2. The normalized spacial score (nSPS) is 10.8. The molecule has 21 heavy (non-hydrogen) atoms. The molecule has 0 spiro atoms. The Hall–Kier alpha value is -2.08. The first-order valence-corrected chi connectivity index (χ1v) is 7.22. The molecular weight excluding hydrogens is 336 g/mol. The van der Waals surface area contributed by atoms with Crippen molar-refractivity contribution in [3.05, 3.63) is 46.1 Å². The van der Waals surface area contributed by atoms with Crippen molar-refractivity contribution >= 4 is 33.7 Å². The third-order valence-electron chi connectivity index (χ3n) is 2.57. The van der Waals surface area contributed by atoms with Crippen LogP contribution in [0.15, 0.2) is 39.3 Å². The molecule has 0 aliphatic heterocycles. The van der Waals surface area contributed by atoms with E-state index in [1.807, 2.05) is 25.1 Å². The molecule has 0 saturated heterocycles. The van der Waals surface area contributed by atoms with Crippen LogP contribution in [-0.2, 0) is 4.79 Å². The highest BCUT2D eigenvalue weighted by atomic mass is 79.9. The molecular formula is C15H15BrN2O3. The maximum atomic E-state index is 11.8. The third kappa shape index (κ3) is 4.46. The third-order valence-corrected chi connectivity index (χ3v) is 3.06. The quantitative estimate of drug-likeness (QED) is 0.833. The fourth-order valence-electron chi connectivity index (χ4n) is 1.70. The first-order valence-electron chi connectivity index (χ1n) is 6.43. The van der Waals surface area contributed by atoms with Gasteiger partial charge in [0, 0.05) is 22.2 Å². The molecule has 0 bridgehead atoms. The van der Waals surface area contributed by atoms with E-state index in [4.69, 9.17) is 9.26 Å². The first-order chi connectivity index (χ1) is 10.1. The lowest BCUT2D eigenvalue weighted by Gasteiger charge is -2.07. The summed E-state index contributed by atoms with van der Waals surface area (Å²) in [5.74, 6) is 1.47. The number of ether oxygens (including phenoxy) is 1. The van der Waals surface area contributed by atoms with Gasteiger partial charge in [-0.1, -0.05) is 21.1 Å². The molecule has 0 radical (unpaired) electrons. The molecule has 1 heterocycles. The molecule has 2 rings (SSSR count). The lowest BCUT2D eigenvalue weighted by molar-refractivity contribution is -0.111. The molecule has 0 saturated carbocycles. The predicted molar refractivity (Wildman–Crippen MR) is 84.2 cm³/mol. The first kappa shape index (κ1) is 15.3. The Balaban J connectivity index is 2.09. The Bertz CT molecular complexity index is 665. The van der Waals surface area contributed by atoms with Gasteiger partial charge in [-0.2, -0.15) is 0 Å². The fourth-order valence-corrected chi connectivity index (χ4v) is 2.07. The average molecular weight is 351 g/mol. The Kier molecular flexibility index (Phi) is 5.16. The fraction of sp³-hybridized carbons (Fsp3) is 0.200. The van der Waals surface area contributed by atoms with Crippen LogP contribution in [0.2, 0.25) is 0 Å². The van der Waals surface area contributed by atoms with Crippen molar-refractivity contribution in [3.8, 4) is 5.75 Å². The van der Waals surface area contributed by atoms with Crippen LogP contribution in [0, 0.1) is 6.92 Å². The van der Waals surface area contributed by atoms with Crippen LogP contribution in [-0.4, -0.2) is 17.7 Å². The summed E-state index contributed by atoms with van der Waals surface area (Å²) >= 11 is 3.40. The minimum atomic E-state index is -0.286. The van der Waals surface area contributed by atoms with Crippen LogP contribution in [0.5, 0.6) is 5.75 Å². The molecule has 5 nitrogen and oxygen atoms in total. The molecule has 1 aromatic carbocycles. The van der Waals surface area contributed by atoms with Gasteiger partial charge >= 0.3 is 0 Å². The van der Waals surface area contributed by atoms with Crippen molar-refractivity contribution in [3.63, 3.8) is 0 Å². The number of hydrogen-bond donors (Lipinski definition) is 1. The van der Waals surface area contributed by atoms with E-state index in [0.29, 0.717) is 18.2 Å². The SMILES string of the molecule is CCOc1ccc(Br)cc1/C=C/C(=O)Nc1cc(C)on1. The van der Waals surface area contributed by atoms with Crippen LogP contribution < -0.4 is 10.1 Å². The van der Waals surface area contributed by atoms with E-state index in [1.165, 1.54) is 6.08 Å². The van der Waals surface area contributed by atoms with Gasteiger partial charge in [0.25, 0.3) is 0 Å². The molecule has 0 unspecified atom stereocenters. The smallest absolute Gasteiger partial charge is 0.249 e. The van der Waals surface area contributed by atoms with E-state index in [-0.39, 0.29) is 5.91 Å². The number of amides is 1. The molecule has 1 aromatic heterocycles. The van der Waals surface area contributed by atoms with Crippen molar-refractivity contribution in [2.75, 3.05) is 11.9 Å². The van der Waals surface area contributed by atoms with E-state index < -0.39 is 0 Å². The van der Waals surface area contributed by atoms with E-state index in [2.05, 4.69) is 26.4 Å². The Morgan fingerprint density at radius 3 is 2.95 bits per heavy atom. The molecule has 0 fully saturated rings. The standard InChI is InChI=1S/C15H15BrN2O3/c1-3-20-13-6-5-12(16)9-11(13)4-7-15(19)17-14-8-10(2)21-18-14/h4-9H,3H2,1-2H3,(H,17,18,19)/b7-4+. The summed E-state index contributed by atoms with van der Waals surface area (Å²) in [7, 11) is 0. The van der Waals surface area contributed by atoms with E-state index in [1.54, 1.807) is 19.1 Å². The predicted octanol–water partition coefficient (Wildman–Crippen LogP) is 3.80. The van der Waals surface area contributed by atoms with Crippen LogP contribution in [0.1, 0.15) is 18.2 Å². The number of carbonyl (C=O) groups is 1. The minimum absolute atomic E-state index is 0.286.